The summed E-state index contributed by atoms with van der Waals surface area (Å²) in [6, 6.07) is 7.71. The van der Waals surface area contributed by atoms with Crippen molar-refractivity contribution in [3.05, 3.63) is 36.0 Å². The Morgan fingerprint density at radius 2 is 2.06 bits per heavy atom. The second kappa shape index (κ2) is 4.72. The molecule has 17 heavy (non-hydrogen) atoms. The number of carbonyl (C=O) groups excluding carboxylic acids is 1. The lowest BCUT2D eigenvalue weighted by atomic mass is 9.88. The third-order valence-corrected chi connectivity index (χ3v) is 3.19. The molecule has 0 saturated heterocycles. The molecule has 0 spiro atoms. The number of H-pyrrole nitrogens is 1. The Morgan fingerprint density at radius 3 is 2.71 bits per heavy atom. The Balaban J connectivity index is 2.43. The Hall–Kier alpha value is -1.61. The molecule has 0 saturated carbocycles. The van der Waals surface area contributed by atoms with E-state index in [-0.39, 0.29) is 24.2 Å². The van der Waals surface area contributed by atoms with E-state index in [1.807, 2.05) is 38.1 Å². The van der Waals surface area contributed by atoms with Crippen LogP contribution in [-0.4, -0.2) is 22.5 Å². The van der Waals surface area contributed by atoms with Crippen LogP contribution in [0.15, 0.2) is 30.5 Å². The molecule has 2 N–H and O–H groups in total. The van der Waals surface area contributed by atoms with E-state index in [4.69, 9.17) is 0 Å². The minimum absolute atomic E-state index is 0.0138. The Labute approximate surface area is 100 Å². The predicted octanol–water partition coefficient (Wildman–Crippen LogP) is 2.62. The summed E-state index contributed by atoms with van der Waals surface area (Å²) in [5.74, 6) is -0.171. The van der Waals surface area contributed by atoms with E-state index in [0.717, 1.165) is 10.9 Å². The second-order valence-corrected chi connectivity index (χ2v) is 4.65. The third kappa shape index (κ3) is 2.11. The number of benzene rings is 1. The lowest BCUT2D eigenvalue weighted by molar-refractivity contribution is 0.0808. The van der Waals surface area contributed by atoms with Crippen LogP contribution in [0.1, 0.15) is 24.2 Å². The third-order valence-electron chi connectivity index (χ3n) is 3.19. The van der Waals surface area contributed by atoms with Crippen LogP contribution in [0.3, 0.4) is 0 Å². The molecule has 0 amide bonds. The van der Waals surface area contributed by atoms with E-state index >= 15 is 0 Å². The molecule has 2 rings (SSSR count). The van der Waals surface area contributed by atoms with Gasteiger partial charge in [0.25, 0.3) is 0 Å². The number of Topliss-reactive ketones (excluding diaryl/α,β-unsaturated/α-hetero) is 1. The van der Waals surface area contributed by atoms with Crippen molar-refractivity contribution in [1.29, 1.82) is 0 Å². The number of ketones is 1. The molecule has 0 aliphatic heterocycles. The number of hydrogen-bond acceptors (Lipinski definition) is 2. The van der Waals surface area contributed by atoms with Crippen LogP contribution in [-0.2, 0) is 0 Å². The van der Waals surface area contributed by atoms with Crippen molar-refractivity contribution in [3.8, 4) is 0 Å². The van der Waals surface area contributed by atoms with Gasteiger partial charge in [-0.1, -0.05) is 32.0 Å². The highest BCUT2D eigenvalue weighted by molar-refractivity contribution is 6.08. The highest BCUT2D eigenvalue weighted by atomic mass is 16.3. The summed E-state index contributed by atoms with van der Waals surface area (Å²) < 4.78 is 0. The molecule has 1 atom stereocenters. The summed E-state index contributed by atoms with van der Waals surface area (Å²) in [6.07, 6.45) is 1.73. The van der Waals surface area contributed by atoms with E-state index in [9.17, 15) is 9.90 Å². The van der Waals surface area contributed by atoms with Crippen molar-refractivity contribution in [2.24, 2.45) is 11.8 Å². The number of carbonyl (C=O) groups is 1. The first-order valence-corrected chi connectivity index (χ1v) is 5.86. The maximum atomic E-state index is 12.3. The fraction of sp³-hybridized carbons (Fsp3) is 0.357. The molecule has 1 heterocycles. The van der Waals surface area contributed by atoms with E-state index in [2.05, 4.69) is 4.98 Å². The topological polar surface area (TPSA) is 53.1 Å². The molecule has 3 nitrogen and oxygen atoms in total. The molecule has 0 fully saturated rings. The summed E-state index contributed by atoms with van der Waals surface area (Å²) in [5, 5.41) is 10.2. The maximum Gasteiger partial charge on any atom is 0.170 e. The SMILES string of the molecule is CC(C)C(CO)C(=O)c1c[nH]c2ccccc12. The highest BCUT2D eigenvalue weighted by Crippen LogP contribution is 2.23. The average molecular weight is 231 g/mol. The lowest BCUT2D eigenvalue weighted by Crippen LogP contribution is -2.23. The number of aliphatic hydroxyl groups excluding tert-OH is 1. The van der Waals surface area contributed by atoms with Gasteiger partial charge in [-0.15, -0.1) is 0 Å². The van der Waals surface area contributed by atoms with Crippen molar-refractivity contribution >= 4 is 16.7 Å². The van der Waals surface area contributed by atoms with Gasteiger partial charge in [-0.05, 0) is 12.0 Å². The number of rotatable bonds is 4. The molecule has 0 aliphatic carbocycles. The first-order valence-electron chi connectivity index (χ1n) is 5.86. The first kappa shape index (κ1) is 11.9. The van der Waals surface area contributed by atoms with Crippen LogP contribution in [0.4, 0.5) is 0 Å². The van der Waals surface area contributed by atoms with E-state index < -0.39 is 0 Å². The Kier molecular flexibility index (Phi) is 3.29. The van der Waals surface area contributed by atoms with Crippen LogP contribution in [0.25, 0.3) is 10.9 Å². The van der Waals surface area contributed by atoms with Gasteiger partial charge in [0.15, 0.2) is 5.78 Å². The molecular weight excluding hydrogens is 214 g/mol. The van der Waals surface area contributed by atoms with Gasteiger partial charge >= 0.3 is 0 Å². The standard InChI is InChI=1S/C14H17NO2/c1-9(2)12(8-16)14(17)11-7-15-13-6-4-3-5-10(11)13/h3-7,9,12,15-16H,8H2,1-2H3. The quantitative estimate of drug-likeness (QED) is 0.795. The number of aromatic nitrogens is 1. The average Bonchev–Trinajstić information content (AvgIpc) is 2.72. The van der Waals surface area contributed by atoms with E-state index in [1.165, 1.54) is 0 Å². The maximum absolute atomic E-state index is 12.3. The molecule has 90 valence electrons. The predicted molar refractivity (Wildman–Crippen MR) is 68.0 cm³/mol. The van der Waals surface area contributed by atoms with Gasteiger partial charge in [-0.3, -0.25) is 4.79 Å². The number of nitrogens with one attached hydrogen (secondary N) is 1. The summed E-state index contributed by atoms with van der Waals surface area (Å²) >= 11 is 0. The van der Waals surface area contributed by atoms with Crippen molar-refractivity contribution in [1.82, 2.24) is 4.98 Å². The number of aliphatic hydroxyl groups is 1. The van der Waals surface area contributed by atoms with E-state index in [0.29, 0.717) is 5.56 Å². The van der Waals surface area contributed by atoms with Gasteiger partial charge in [0.05, 0.1) is 6.61 Å². The van der Waals surface area contributed by atoms with Gasteiger partial charge in [0.1, 0.15) is 0 Å². The number of para-hydroxylation sites is 1. The largest absolute Gasteiger partial charge is 0.396 e. The molecule has 1 unspecified atom stereocenters. The molecule has 0 radical (unpaired) electrons. The zero-order valence-corrected chi connectivity index (χ0v) is 10.1. The van der Waals surface area contributed by atoms with Crippen LogP contribution < -0.4 is 0 Å². The van der Waals surface area contributed by atoms with Crippen molar-refractivity contribution in [2.75, 3.05) is 6.61 Å². The summed E-state index contributed by atoms with van der Waals surface area (Å²) in [6.45, 7) is 3.80. The summed E-state index contributed by atoms with van der Waals surface area (Å²) in [7, 11) is 0. The number of hydrogen-bond donors (Lipinski definition) is 2. The Bertz CT molecular complexity index is 528. The van der Waals surface area contributed by atoms with E-state index in [1.54, 1.807) is 6.20 Å². The van der Waals surface area contributed by atoms with Crippen LogP contribution in [0.5, 0.6) is 0 Å². The minimum Gasteiger partial charge on any atom is -0.396 e. The molecule has 2 aromatic rings. The van der Waals surface area contributed by atoms with Crippen molar-refractivity contribution in [2.45, 2.75) is 13.8 Å². The normalized spacial score (nSPS) is 13.2. The molecule has 1 aromatic carbocycles. The van der Waals surface area contributed by atoms with Gasteiger partial charge in [-0.2, -0.15) is 0 Å². The molecular formula is C14H17NO2. The Morgan fingerprint density at radius 1 is 1.35 bits per heavy atom. The molecule has 0 bridgehead atoms. The highest BCUT2D eigenvalue weighted by Gasteiger charge is 2.24. The van der Waals surface area contributed by atoms with Crippen LogP contribution in [0, 0.1) is 11.8 Å². The fourth-order valence-electron chi connectivity index (χ4n) is 2.07. The number of aromatic amines is 1. The van der Waals surface area contributed by atoms with Gasteiger partial charge in [-0.25, -0.2) is 0 Å². The van der Waals surface area contributed by atoms with Gasteiger partial charge in [0.2, 0.25) is 0 Å². The molecule has 3 heteroatoms. The number of fused-ring (bicyclic) bond motifs is 1. The van der Waals surface area contributed by atoms with Crippen LogP contribution in [0.2, 0.25) is 0 Å². The van der Waals surface area contributed by atoms with Crippen molar-refractivity contribution < 1.29 is 9.90 Å². The minimum atomic E-state index is -0.325. The smallest absolute Gasteiger partial charge is 0.170 e. The monoisotopic (exact) mass is 231 g/mol. The second-order valence-electron chi connectivity index (χ2n) is 4.65. The summed E-state index contributed by atoms with van der Waals surface area (Å²) in [4.78, 5) is 15.4. The summed E-state index contributed by atoms with van der Waals surface area (Å²) in [5.41, 5.74) is 1.63. The molecule has 0 aliphatic rings. The molecule has 1 aromatic heterocycles. The zero-order chi connectivity index (χ0) is 12.4. The van der Waals surface area contributed by atoms with Gasteiger partial charge < -0.3 is 10.1 Å². The van der Waals surface area contributed by atoms with Gasteiger partial charge in [0, 0.05) is 28.6 Å². The van der Waals surface area contributed by atoms with Crippen molar-refractivity contribution in [3.63, 3.8) is 0 Å². The first-order chi connectivity index (χ1) is 8.15. The fourth-order valence-corrected chi connectivity index (χ4v) is 2.07. The van der Waals surface area contributed by atoms with Crippen LogP contribution >= 0.6 is 0 Å². The zero-order valence-electron chi connectivity index (χ0n) is 10.1. The lowest BCUT2D eigenvalue weighted by Gasteiger charge is -2.16.